The van der Waals surface area contributed by atoms with Crippen LogP contribution < -0.4 is 16.2 Å². The van der Waals surface area contributed by atoms with Crippen LogP contribution in [-0.4, -0.2) is 35.0 Å². The molecule has 1 unspecified atom stereocenters. The monoisotopic (exact) mass is 421 g/mol. The van der Waals surface area contributed by atoms with Gasteiger partial charge >= 0.3 is 5.97 Å². The molecule has 7 heteroatoms. The van der Waals surface area contributed by atoms with Crippen LogP contribution in [-0.2, 0) is 11.2 Å². The molecule has 5 N–H and O–H groups in total. The number of rotatable bonds is 7. The molecule has 2 aromatic carbocycles. The van der Waals surface area contributed by atoms with E-state index in [1.165, 1.54) is 0 Å². The van der Waals surface area contributed by atoms with E-state index in [-0.39, 0.29) is 24.1 Å². The minimum atomic E-state index is -0.856. The molecule has 0 aromatic heterocycles. The molecule has 1 aliphatic heterocycles. The van der Waals surface area contributed by atoms with Crippen LogP contribution in [0.4, 0.5) is 0 Å². The van der Waals surface area contributed by atoms with Gasteiger partial charge in [0.2, 0.25) is 0 Å². The van der Waals surface area contributed by atoms with Gasteiger partial charge in [0.1, 0.15) is 5.75 Å². The smallest absolute Gasteiger partial charge is 0.307 e. The van der Waals surface area contributed by atoms with Crippen LogP contribution in [0.1, 0.15) is 40.7 Å². The van der Waals surface area contributed by atoms with Crippen molar-refractivity contribution in [3.8, 4) is 5.75 Å². The quantitative estimate of drug-likeness (QED) is 0.467. The Labute approximate surface area is 181 Å². The number of carbonyl (C=O) groups excluding carboxylic acids is 1. The Morgan fingerprint density at radius 3 is 2.52 bits per heavy atom. The number of hydrogen-bond acceptors (Lipinski definition) is 5. The van der Waals surface area contributed by atoms with Crippen LogP contribution >= 0.6 is 0 Å². The zero-order valence-electron chi connectivity index (χ0n) is 17.5. The molecule has 0 aliphatic carbocycles. The number of benzene rings is 2. The second-order valence-electron chi connectivity index (χ2n) is 7.61. The Balaban J connectivity index is 1.65. The fraction of sp³-hybridized carbons (Fsp3) is 0.250. The van der Waals surface area contributed by atoms with Crippen molar-refractivity contribution in [2.45, 2.75) is 25.7 Å². The number of carboxylic acid groups (broad SMARTS) is 1. The average Bonchev–Trinajstić information content (AvgIpc) is 3.22. The van der Waals surface area contributed by atoms with Gasteiger partial charge in [0.15, 0.2) is 5.88 Å². The summed E-state index contributed by atoms with van der Waals surface area (Å²) < 4.78 is 5.51. The number of ether oxygens (including phenoxy) is 1. The number of nitrogens with two attached hydrogens (primary N) is 2. The summed E-state index contributed by atoms with van der Waals surface area (Å²) in [7, 11) is 0. The van der Waals surface area contributed by atoms with Crippen LogP contribution in [0, 0.1) is 0 Å². The van der Waals surface area contributed by atoms with Crippen LogP contribution in [0.2, 0.25) is 0 Å². The predicted molar refractivity (Wildman–Crippen MR) is 118 cm³/mol. The van der Waals surface area contributed by atoms with Crippen molar-refractivity contribution in [1.29, 1.82) is 0 Å². The third-order valence-corrected chi connectivity index (χ3v) is 5.16. The number of amides is 1. The van der Waals surface area contributed by atoms with E-state index in [1.807, 2.05) is 24.3 Å². The zero-order valence-corrected chi connectivity index (χ0v) is 17.5. The van der Waals surface area contributed by atoms with Crippen LogP contribution in [0.25, 0.3) is 0 Å². The summed E-state index contributed by atoms with van der Waals surface area (Å²) in [5, 5.41) is 9.16. The van der Waals surface area contributed by atoms with E-state index in [2.05, 4.69) is 0 Å². The van der Waals surface area contributed by atoms with Crippen LogP contribution in [0.15, 0.2) is 72.3 Å². The number of carboxylic acids is 1. The molecular weight excluding hydrogens is 394 g/mol. The molecule has 162 valence electrons. The van der Waals surface area contributed by atoms with Gasteiger partial charge in [-0.1, -0.05) is 24.3 Å². The first-order chi connectivity index (χ1) is 14.8. The summed E-state index contributed by atoms with van der Waals surface area (Å²) in [6.07, 6.45) is 4.01. The van der Waals surface area contributed by atoms with Crippen molar-refractivity contribution in [3.63, 3.8) is 0 Å². The highest BCUT2D eigenvalue weighted by molar-refractivity contribution is 5.94. The highest BCUT2D eigenvalue weighted by atomic mass is 16.5. The van der Waals surface area contributed by atoms with Crippen molar-refractivity contribution >= 4 is 11.9 Å². The third kappa shape index (κ3) is 5.88. The number of allylic oxidation sites excluding steroid dienone is 3. The Kier molecular flexibility index (Phi) is 6.97. The molecule has 1 saturated heterocycles. The lowest BCUT2D eigenvalue weighted by atomic mass is 9.92. The summed E-state index contributed by atoms with van der Waals surface area (Å²) >= 11 is 0. The first-order valence-corrected chi connectivity index (χ1v) is 10.1. The fourth-order valence-corrected chi connectivity index (χ4v) is 3.69. The Morgan fingerprint density at radius 2 is 1.84 bits per heavy atom. The third-order valence-electron chi connectivity index (χ3n) is 5.16. The first-order valence-electron chi connectivity index (χ1n) is 10.1. The van der Waals surface area contributed by atoms with E-state index in [9.17, 15) is 9.59 Å². The van der Waals surface area contributed by atoms with Crippen LogP contribution in [0.3, 0.4) is 0 Å². The van der Waals surface area contributed by atoms with Crippen molar-refractivity contribution in [2.24, 2.45) is 11.5 Å². The minimum Gasteiger partial charge on any atom is -0.481 e. The highest BCUT2D eigenvalue weighted by Crippen LogP contribution is 2.31. The maximum atomic E-state index is 12.9. The molecular formula is C24H27N3O4. The SMILES string of the molecule is C/C(N)=C/C=C(\N)Oc1ccc(C(=O)N2CCC(c3ccccc3CC(=O)O)C2)cc1. The number of nitrogens with zero attached hydrogens (tertiary/aromatic N) is 1. The largest absolute Gasteiger partial charge is 0.481 e. The number of hydrogen-bond donors (Lipinski definition) is 3. The Morgan fingerprint density at radius 1 is 1.13 bits per heavy atom. The number of carbonyl (C=O) groups is 2. The van der Waals surface area contributed by atoms with E-state index in [1.54, 1.807) is 48.2 Å². The lowest BCUT2D eigenvalue weighted by Crippen LogP contribution is -2.28. The van der Waals surface area contributed by atoms with E-state index in [0.717, 1.165) is 17.5 Å². The molecule has 7 nitrogen and oxygen atoms in total. The first kappa shape index (κ1) is 22.0. The Bertz CT molecular complexity index is 1010. The van der Waals surface area contributed by atoms with E-state index in [0.29, 0.717) is 30.1 Å². The molecule has 2 aromatic rings. The van der Waals surface area contributed by atoms with Gasteiger partial charge in [-0.2, -0.15) is 0 Å². The van der Waals surface area contributed by atoms with E-state index in [4.69, 9.17) is 21.3 Å². The lowest BCUT2D eigenvalue weighted by molar-refractivity contribution is -0.136. The van der Waals surface area contributed by atoms with Gasteiger partial charge in [0.05, 0.1) is 6.42 Å². The normalized spacial score (nSPS) is 16.9. The molecule has 1 fully saturated rings. The molecule has 1 aliphatic rings. The van der Waals surface area contributed by atoms with Gasteiger partial charge in [-0.3, -0.25) is 9.59 Å². The zero-order chi connectivity index (χ0) is 22.4. The molecule has 0 spiro atoms. The summed E-state index contributed by atoms with van der Waals surface area (Å²) in [4.78, 5) is 25.9. The summed E-state index contributed by atoms with van der Waals surface area (Å²) in [5.41, 5.74) is 14.3. The second kappa shape index (κ2) is 9.84. The topological polar surface area (TPSA) is 119 Å². The minimum absolute atomic E-state index is 0.0136. The molecule has 1 amide bonds. The number of likely N-dealkylation sites (tertiary alicyclic amines) is 1. The van der Waals surface area contributed by atoms with Crippen molar-refractivity contribution < 1.29 is 19.4 Å². The highest BCUT2D eigenvalue weighted by Gasteiger charge is 2.29. The fourth-order valence-electron chi connectivity index (χ4n) is 3.69. The molecule has 1 atom stereocenters. The molecule has 31 heavy (non-hydrogen) atoms. The molecule has 0 saturated carbocycles. The van der Waals surface area contributed by atoms with Gasteiger partial charge in [0, 0.05) is 30.3 Å². The summed E-state index contributed by atoms with van der Waals surface area (Å²) in [6, 6.07) is 14.4. The van der Waals surface area contributed by atoms with Crippen molar-refractivity contribution in [2.75, 3.05) is 13.1 Å². The maximum Gasteiger partial charge on any atom is 0.307 e. The predicted octanol–water partition coefficient (Wildman–Crippen LogP) is 2.98. The number of aliphatic carboxylic acids is 1. The molecule has 1 heterocycles. The van der Waals surface area contributed by atoms with Gasteiger partial charge < -0.3 is 26.2 Å². The van der Waals surface area contributed by atoms with E-state index >= 15 is 0 Å². The molecule has 0 radical (unpaired) electrons. The van der Waals surface area contributed by atoms with Crippen molar-refractivity contribution in [3.05, 3.63) is 89.0 Å². The standard InChI is InChI=1S/C24H27N3O4/c1-16(25)6-11-22(26)31-20-9-7-17(8-10-20)24(30)27-13-12-19(15-27)21-5-3-2-4-18(21)14-23(28)29/h2-11,19H,12-15,25-26H2,1H3,(H,28,29)/b16-6-,22-11+. The Hall–Kier alpha value is -3.74. The van der Waals surface area contributed by atoms with Gasteiger partial charge in [-0.25, -0.2) is 0 Å². The van der Waals surface area contributed by atoms with Gasteiger partial charge in [-0.15, -0.1) is 0 Å². The summed E-state index contributed by atoms with van der Waals surface area (Å²) in [5.74, 6) is -0.0621. The maximum absolute atomic E-state index is 12.9. The van der Waals surface area contributed by atoms with E-state index < -0.39 is 5.97 Å². The summed E-state index contributed by atoms with van der Waals surface area (Å²) in [6.45, 7) is 2.94. The van der Waals surface area contributed by atoms with Crippen molar-refractivity contribution in [1.82, 2.24) is 4.90 Å². The van der Waals surface area contributed by atoms with Gasteiger partial charge in [-0.05, 0) is 60.9 Å². The average molecular weight is 421 g/mol. The van der Waals surface area contributed by atoms with Crippen LogP contribution in [0.5, 0.6) is 5.75 Å². The molecule has 3 rings (SSSR count). The lowest BCUT2D eigenvalue weighted by Gasteiger charge is -2.18. The second-order valence-corrected chi connectivity index (χ2v) is 7.61. The molecule has 0 bridgehead atoms. The van der Waals surface area contributed by atoms with Gasteiger partial charge in [0.25, 0.3) is 5.91 Å².